The highest BCUT2D eigenvalue weighted by atomic mass is 16.5. The van der Waals surface area contributed by atoms with Gasteiger partial charge in [-0.15, -0.1) is 0 Å². The number of ether oxygens (including phenoxy) is 1. The van der Waals surface area contributed by atoms with Crippen molar-refractivity contribution in [1.82, 2.24) is 15.1 Å². The first-order valence-corrected chi connectivity index (χ1v) is 10.2. The predicted octanol–water partition coefficient (Wildman–Crippen LogP) is 3.97. The highest BCUT2D eigenvalue weighted by Gasteiger charge is 2.30. The lowest BCUT2D eigenvalue weighted by molar-refractivity contribution is 0.102. The fraction of sp³-hybridized carbons (Fsp3) is 0.261. The predicted molar refractivity (Wildman–Crippen MR) is 117 cm³/mol. The van der Waals surface area contributed by atoms with Crippen LogP contribution in [0.5, 0.6) is 11.5 Å². The van der Waals surface area contributed by atoms with Gasteiger partial charge in [-0.05, 0) is 56.2 Å². The van der Waals surface area contributed by atoms with E-state index in [9.17, 15) is 14.7 Å². The molecule has 1 fully saturated rings. The van der Waals surface area contributed by atoms with Gasteiger partial charge in [0, 0.05) is 23.7 Å². The second-order valence-corrected chi connectivity index (χ2v) is 7.36. The number of anilines is 1. The molecule has 2 aromatic carbocycles. The third kappa shape index (κ3) is 4.23. The number of para-hydroxylation sites is 1. The van der Waals surface area contributed by atoms with Crippen molar-refractivity contribution in [3.05, 3.63) is 59.8 Å². The Morgan fingerprint density at radius 2 is 1.97 bits per heavy atom. The van der Waals surface area contributed by atoms with Gasteiger partial charge in [-0.2, -0.15) is 9.78 Å². The molecule has 8 heteroatoms. The number of hydrogen-bond donors (Lipinski definition) is 3. The number of methoxy groups -OCH3 is 1. The largest absolute Gasteiger partial charge is 0.507 e. The van der Waals surface area contributed by atoms with Crippen LogP contribution < -0.4 is 15.4 Å². The van der Waals surface area contributed by atoms with E-state index in [1.54, 1.807) is 36.4 Å². The molecule has 160 valence electrons. The molecule has 0 spiro atoms. The molecule has 1 heterocycles. The summed E-state index contributed by atoms with van der Waals surface area (Å²) in [6, 6.07) is 13.2. The summed E-state index contributed by atoms with van der Waals surface area (Å²) in [4.78, 5) is 25.1. The smallest absolute Gasteiger partial charge is 0.342 e. The van der Waals surface area contributed by atoms with Gasteiger partial charge in [-0.1, -0.05) is 12.1 Å². The second kappa shape index (κ2) is 8.51. The van der Waals surface area contributed by atoms with E-state index in [-0.39, 0.29) is 17.7 Å². The van der Waals surface area contributed by atoms with Crippen LogP contribution >= 0.6 is 0 Å². The molecule has 31 heavy (non-hydrogen) atoms. The summed E-state index contributed by atoms with van der Waals surface area (Å²) >= 11 is 0. The summed E-state index contributed by atoms with van der Waals surface area (Å²) in [5.41, 5.74) is 2.62. The molecular formula is C23H24N4O4. The Kier molecular flexibility index (Phi) is 5.62. The standard InChI is InChI=1S/C23H24N4O4/c1-3-24-23(30)27-19(14-8-9-14)13-18(26-27)17-12-15(10-11-20(17)28)25-22(29)16-6-4-5-7-21(16)31-2/h4-7,10-14,28H,3,8-9H2,1-2H3,(H,24,30)(H,25,29). The van der Waals surface area contributed by atoms with Crippen LogP contribution in [0.25, 0.3) is 11.3 Å². The zero-order valence-corrected chi connectivity index (χ0v) is 17.4. The lowest BCUT2D eigenvalue weighted by Gasteiger charge is -2.10. The van der Waals surface area contributed by atoms with Gasteiger partial charge in [0.2, 0.25) is 0 Å². The van der Waals surface area contributed by atoms with E-state index in [0.29, 0.717) is 40.7 Å². The van der Waals surface area contributed by atoms with Crippen molar-refractivity contribution in [3.63, 3.8) is 0 Å². The van der Waals surface area contributed by atoms with E-state index in [2.05, 4.69) is 15.7 Å². The van der Waals surface area contributed by atoms with Crippen molar-refractivity contribution in [3.8, 4) is 22.8 Å². The highest BCUT2D eigenvalue weighted by Crippen LogP contribution is 2.42. The normalized spacial score (nSPS) is 13.0. The van der Waals surface area contributed by atoms with Gasteiger partial charge >= 0.3 is 6.03 Å². The second-order valence-electron chi connectivity index (χ2n) is 7.36. The van der Waals surface area contributed by atoms with Gasteiger partial charge in [0.1, 0.15) is 11.5 Å². The third-order valence-electron chi connectivity index (χ3n) is 5.13. The van der Waals surface area contributed by atoms with Crippen LogP contribution in [0, 0.1) is 0 Å². The Balaban J connectivity index is 1.65. The lowest BCUT2D eigenvalue weighted by atomic mass is 10.1. The highest BCUT2D eigenvalue weighted by molar-refractivity contribution is 6.06. The quantitative estimate of drug-likeness (QED) is 0.523. The van der Waals surface area contributed by atoms with Crippen LogP contribution in [0.3, 0.4) is 0 Å². The van der Waals surface area contributed by atoms with Crippen molar-refractivity contribution in [2.75, 3.05) is 19.0 Å². The molecule has 3 aromatic rings. The van der Waals surface area contributed by atoms with Crippen molar-refractivity contribution >= 4 is 17.6 Å². The number of phenolic OH excluding ortho intramolecular Hbond substituents is 1. The monoisotopic (exact) mass is 420 g/mol. The first kappa shape index (κ1) is 20.5. The molecule has 1 saturated carbocycles. The number of aromatic hydroxyl groups is 1. The fourth-order valence-corrected chi connectivity index (χ4v) is 3.44. The van der Waals surface area contributed by atoms with Gasteiger partial charge in [0.15, 0.2) is 0 Å². The van der Waals surface area contributed by atoms with E-state index in [0.717, 1.165) is 18.5 Å². The molecule has 2 amide bonds. The van der Waals surface area contributed by atoms with Crippen molar-refractivity contribution in [2.45, 2.75) is 25.7 Å². The average Bonchev–Trinajstić information content (AvgIpc) is 3.53. The first-order valence-electron chi connectivity index (χ1n) is 10.2. The molecular weight excluding hydrogens is 396 g/mol. The van der Waals surface area contributed by atoms with Crippen LogP contribution in [-0.2, 0) is 0 Å². The maximum Gasteiger partial charge on any atom is 0.342 e. The van der Waals surface area contributed by atoms with Crippen LogP contribution in [0.15, 0.2) is 48.5 Å². The number of hydrogen-bond acceptors (Lipinski definition) is 5. The van der Waals surface area contributed by atoms with Gasteiger partial charge in [-0.25, -0.2) is 4.79 Å². The van der Waals surface area contributed by atoms with E-state index in [4.69, 9.17) is 4.74 Å². The van der Waals surface area contributed by atoms with E-state index in [1.807, 2.05) is 13.0 Å². The zero-order chi connectivity index (χ0) is 22.0. The zero-order valence-electron chi connectivity index (χ0n) is 17.4. The van der Waals surface area contributed by atoms with Gasteiger partial charge in [0.05, 0.1) is 24.1 Å². The Bertz CT molecular complexity index is 1130. The number of benzene rings is 2. The molecule has 0 radical (unpaired) electrons. The van der Waals surface area contributed by atoms with E-state index >= 15 is 0 Å². The number of nitrogens with one attached hydrogen (secondary N) is 2. The molecule has 0 atom stereocenters. The summed E-state index contributed by atoms with van der Waals surface area (Å²) in [7, 11) is 1.51. The fourth-order valence-electron chi connectivity index (χ4n) is 3.44. The molecule has 1 aliphatic rings. The van der Waals surface area contributed by atoms with Crippen LogP contribution in [0.2, 0.25) is 0 Å². The molecule has 1 aliphatic carbocycles. The SMILES string of the molecule is CCNC(=O)n1nc(-c2cc(NC(=O)c3ccccc3OC)ccc2O)cc1C1CC1. The summed E-state index contributed by atoms with van der Waals surface area (Å²) in [5, 5.41) is 20.5. The Labute approximate surface area is 179 Å². The third-order valence-corrected chi connectivity index (χ3v) is 5.13. The van der Waals surface area contributed by atoms with Gasteiger partial charge in [0.25, 0.3) is 5.91 Å². The topological polar surface area (TPSA) is 105 Å². The van der Waals surface area contributed by atoms with Crippen molar-refractivity contribution < 1.29 is 19.4 Å². The van der Waals surface area contributed by atoms with E-state index < -0.39 is 0 Å². The number of phenols is 1. The molecule has 4 rings (SSSR count). The summed E-state index contributed by atoms with van der Waals surface area (Å²) in [6.45, 7) is 2.34. The maximum atomic E-state index is 12.7. The minimum atomic E-state index is -0.333. The lowest BCUT2D eigenvalue weighted by Crippen LogP contribution is -2.30. The number of carbonyl (C=O) groups excluding carboxylic acids is 2. The molecule has 0 aliphatic heterocycles. The van der Waals surface area contributed by atoms with Crippen LogP contribution in [0.1, 0.15) is 41.7 Å². The van der Waals surface area contributed by atoms with Crippen LogP contribution in [-0.4, -0.2) is 40.5 Å². The Hall–Kier alpha value is -3.81. The number of carbonyl (C=O) groups is 2. The molecule has 3 N–H and O–H groups in total. The molecule has 8 nitrogen and oxygen atoms in total. The summed E-state index contributed by atoms with van der Waals surface area (Å²) < 4.78 is 6.62. The first-order chi connectivity index (χ1) is 15.0. The summed E-state index contributed by atoms with van der Waals surface area (Å²) in [6.07, 6.45) is 2.01. The Morgan fingerprint density at radius 1 is 1.19 bits per heavy atom. The van der Waals surface area contributed by atoms with Gasteiger partial charge < -0.3 is 20.5 Å². The minimum absolute atomic E-state index is 0.0122. The molecule has 1 aromatic heterocycles. The Morgan fingerprint density at radius 3 is 2.68 bits per heavy atom. The summed E-state index contributed by atoms with van der Waals surface area (Å²) in [5.74, 6) is 0.437. The van der Waals surface area contributed by atoms with Crippen LogP contribution in [0.4, 0.5) is 10.5 Å². The minimum Gasteiger partial charge on any atom is -0.507 e. The molecule has 0 unspecified atom stereocenters. The van der Waals surface area contributed by atoms with Gasteiger partial charge in [-0.3, -0.25) is 4.79 Å². The number of amides is 2. The average molecular weight is 420 g/mol. The van der Waals surface area contributed by atoms with Crippen molar-refractivity contribution in [1.29, 1.82) is 0 Å². The number of rotatable bonds is 6. The van der Waals surface area contributed by atoms with Crippen molar-refractivity contribution in [2.24, 2.45) is 0 Å². The molecule has 0 bridgehead atoms. The number of nitrogens with zero attached hydrogens (tertiary/aromatic N) is 2. The number of aromatic nitrogens is 2. The van der Waals surface area contributed by atoms with E-state index in [1.165, 1.54) is 17.9 Å². The maximum absolute atomic E-state index is 12.7. The molecule has 0 saturated heterocycles.